The number of nitrogens with one attached hydrogen (secondary N) is 2. The number of rotatable bonds is 8. The van der Waals surface area contributed by atoms with Crippen LogP contribution in [-0.2, 0) is 21.2 Å². The molecule has 0 aliphatic heterocycles. The van der Waals surface area contributed by atoms with E-state index >= 15 is 0 Å². The molecular weight excluding hydrogens is 471 g/mol. The van der Waals surface area contributed by atoms with Crippen LogP contribution in [0, 0.1) is 6.92 Å². The van der Waals surface area contributed by atoms with Crippen LogP contribution < -0.4 is 14.8 Å². The number of halogens is 2. The molecule has 0 radical (unpaired) electrons. The van der Waals surface area contributed by atoms with E-state index in [0.717, 1.165) is 5.56 Å². The summed E-state index contributed by atoms with van der Waals surface area (Å²) in [6, 6.07) is 17.2. The first-order valence-corrected chi connectivity index (χ1v) is 11.9. The number of methoxy groups -OCH3 is 1. The van der Waals surface area contributed by atoms with Crippen molar-refractivity contribution in [3.8, 4) is 5.75 Å². The Bertz CT molecular complexity index is 1220. The van der Waals surface area contributed by atoms with Crippen molar-refractivity contribution < 1.29 is 17.9 Å². The highest BCUT2D eigenvalue weighted by molar-refractivity contribution is 7.89. The summed E-state index contributed by atoms with van der Waals surface area (Å²) >= 11 is 12.2. The largest absolute Gasteiger partial charge is 0.496 e. The van der Waals surface area contributed by atoms with Crippen molar-refractivity contribution >= 4 is 44.8 Å². The van der Waals surface area contributed by atoms with Crippen LogP contribution in [0.1, 0.15) is 11.1 Å². The fourth-order valence-corrected chi connectivity index (χ4v) is 4.74. The highest BCUT2D eigenvalue weighted by Crippen LogP contribution is 2.26. The summed E-state index contributed by atoms with van der Waals surface area (Å²) in [6.45, 7) is 1.74. The van der Waals surface area contributed by atoms with Crippen molar-refractivity contribution in [2.24, 2.45) is 0 Å². The van der Waals surface area contributed by atoms with Crippen LogP contribution in [0.15, 0.2) is 71.6 Å². The normalized spacial score (nSPS) is 12.2. The molecule has 0 fully saturated rings. The van der Waals surface area contributed by atoms with Gasteiger partial charge in [-0.2, -0.15) is 4.72 Å². The molecule has 0 saturated carbocycles. The third-order valence-electron chi connectivity index (χ3n) is 4.76. The molecule has 3 rings (SSSR count). The molecule has 1 atom stereocenters. The average Bonchev–Trinajstić information content (AvgIpc) is 2.76. The van der Waals surface area contributed by atoms with Crippen molar-refractivity contribution in [1.29, 1.82) is 0 Å². The monoisotopic (exact) mass is 492 g/mol. The number of hydrogen-bond donors (Lipinski definition) is 2. The molecule has 0 bridgehead atoms. The van der Waals surface area contributed by atoms with Crippen molar-refractivity contribution in [2.75, 3.05) is 12.4 Å². The molecule has 32 heavy (non-hydrogen) atoms. The molecule has 9 heteroatoms. The molecule has 0 saturated heterocycles. The van der Waals surface area contributed by atoms with E-state index in [2.05, 4.69) is 10.0 Å². The summed E-state index contributed by atoms with van der Waals surface area (Å²) in [4.78, 5) is 13.1. The molecule has 3 aromatic carbocycles. The molecule has 0 unspecified atom stereocenters. The van der Waals surface area contributed by atoms with Gasteiger partial charge in [-0.05, 0) is 60.9 Å². The number of aryl methyl sites for hydroxylation is 1. The standard InChI is InChI=1S/C23H22Cl2N2O4S/c1-15-12-18(9-11-22(15)31-2)32(29,30)27-21(13-16-6-4-3-5-7-16)23(28)26-20-14-17(24)8-10-19(20)25/h3-12,14,21,27H,13H2,1-2H3,(H,26,28)/t21-/m0/s1. The maximum absolute atomic E-state index is 13.1. The number of anilines is 1. The van der Waals surface area contributed by atoms with Crippen LogP contribution >= 0.6 is 23.2 Å². The van der Waals surface area contributed by atoms with Gasteiger partial charge in [-0.15, -0.1) is 0 Å². The summed E-state index contributed by atoms with van der Waals surface area (Å²) in [5, 5.41) is 3.35. The second kappa shape index (κ2) is 10.4. The molecule has 2 N–H and O–H groups in total. The zero-order valence-corrected chi connectivity index (χ0v) is 19.8. The van der Waals surface area contributed by atoms with Crippen molar-refractivity contribution in [3.63, 3.8) is 0 Å². The average molecular weight is 493 g/mol. The van der Waals surface area contributed by atoms with Crippen LogP contribution in [0.25, 0.3) is 0 Å². The first kappa shape index (κ1) is 24.1. The van der Waals surface area contributed by atoms with Crippen molar-refractivity contribution in [1.82, 2.24) is 4.72 Å². The molecule has 0 aromatic heterocycles. The van der Waals surface area contributed by atoms with E-state index in [9.17, 15) is 13.2 Å². The minimum absolute atomic E-state index is 0.0300. The van der Waals surface area contributed by atoms with E-state index in [0.29, 0.717) is 22.0 Å². The highest BCUT2D eigenvalue weighted by Gasteiger charge is 2.27. The predicted molar refractivity (Wildman–Crippen MR) is 127 cm³/mol. The lowest BCUT2D eigenvalue weighted by atomic mass is 10.1. The van der Waals surface area contributed by atoms with Gasteiger partial charge in [-0.1, -0.05) is 53.5 Å². The summed E-state index contributed by atoms with van der Waals surface area (Å²) in [6.07, 6.45) is 0.138. The van der Waals surface area contributed by atoms with E-state index in [1.54, 1.807) is 25.1 Å². The Morgan fingerprint density at radius 2 is 1.75 bits per heavy atom. The lowest BCUT2D eigenvalue weighted by Crippen LogP contribution is -2.45. The number of sulfonamides is 1. The van der Waals surface area contributed by atoms with E-state index in [1.165, 1.54) is 25.3 Å². The summed E-state index contributed by atoms with van der Waals surface area (Å²) in [5.41, 5.74) is 1.74. The van der Waals surface area contributed by atoms with Crippen LogP contribution in [0.5, 0.6) is 5.75 Å². The number of hydrogen-bond acceptors (Lipinski definition) is 4. The summed E-state index contributed by atoms with van der Waals surface area (Å²) < 4.78 is 33.9. The first-order chi connectivity index (χ1) is 15.2. The van der Waals surface area contributed by atoms with Crippen molar-refractivity contribution in [2.45, 2.75) is 24.3 Å². The Morgan fingerprint density at radius 1 is 1.03 bits per heavy atom. The minimum Gasteiger partial charge on any atom is -0.496 e. The second-order valence-corrected chi connectivity index (χ2v) is 9.67. The molecule has 0 aliphatic rings. The van der Waals surface area contributed by atoms with Gasteiger partial charge in [0.05, 0.1) is 22.7 Å². The Morgan fingerprint density at radius 3 is 2.41 bits per heavy atom. The lowest BCUT2D eigenvalue weighted by Gasteiger charge is -2.20. The van der Waals surface area contributed by atoms with E-state index in [1.807, 2.05) is 30.3 Å². The number of ether oxygens (including phenoxy) is 1. The van der Waals surface area contributed by atoms with Gasteiger partial charge < -0.3 is 10.1 Å². The van der Waals surface area contributed by atoms with Crippen LogP contribution in [0.2, 0.25) is 10.0 Å². The zero-order chi connectivity index (χ0) is 23.3. The fourth-order valence-electron chi connectivity index (χ4n) is 3.12. The number of carbonyl (C=O) groups excluding carboxylic acids is 1. The fraction of sp³-hybridized carbons (Fsp3) is 0.174. The Labute approximate surface area is 197 Å². The topological polar surface area (TPSA) is 84.5 Å². The number of carbonyl (C=O) groups is 1. The quantitative estimate of drug-likeness (QED) is 0.471. The minimum atomic E-state index is -4.01. The predicted octanol–water partition coefficient (Wildman–Crippen LogP) is 4.84. The summed E-state index contributed by atoms with van der Waals surface area (Å²) in [5.74, 6) is 0.00459. The molecule has 0 spiro atoms. The molecular formula is C23H22Cl2N2O4S. The van der Waals surface area contributed by atoms with Gasteiger partial charge >= 0.3 is 0 Å². The Hall–Kier alpha value is -2.58. The SMILES string of the molecule is COc1ccc(S(=O)(=O)N[C@@H](Cc2ccccc2)C(=O)Nc2cc(Cl)ccc2Cl)cc1C. The first-order valence-electron chi connectivity index (χ1n) is 9.66. The van der Waals surface area contributed by atoms with Crippen LogP contribution in [-0.4, -0.2) is 27.5 Å². The number of benzene rings is 3. The maximum atomic E-state index is 13.1. The van der Waals surface area contributed by atoms with Gasteiger partial charge in [0.2, 0.25) is 15.9 Å². The van der Waals surface area contributed by atoms with Gasteiger partial charge in [0.1, 0.15) is 11.8 Å². The third-order valence-corrected chi connectivity index (χ3v) is 6.79. The molecule has 168 valence electrons. The summed E-state index contributed by atoms with van der Waals surface area (Å²) in [7, 11) is -2.50. The van der Waals surface area contributed by atoms with Gasteiger partial charge in [0, 0.05) is 5.02 Å². The van der Waals surface area contributed by atoms with E-state index in [4.69, 9.17) is 27.9 Å². The van der Waals surface area contributed by atoms with E-state index < -0.39 is 22.0 Å². The second-order valence-electron chi connectivity index (χ2n) is 7.11. The van der Waals surface area contributed by atoms with E-state index in [-0.39, 0.29) is 16.3 Å². The maximum Gasteiger partial charge on any atom is 0.242 e. The molecule has 1 amide bonds. The zero-order valence-electron chi connectivity index (χ0n) is 17.4. The van der Waals surface area contributed by atoms with Gasteiger partial charge in [-0.25, -0.2) is 8.42 Å². The van der Waals surface area contributed by atoms with Gasteiger partial charge in [0.25, 0.3) is 0 Å². The van der Waals surface area contributed by atoms with Crippen LogP contribution in [0.4, 0.5) is 5.69 Å². The third kappa shape index (κ3) is 6.01. The van der Waals surface area contributed by atoms with Crippen LogP contribution in [0.3, 0.4) is 0 Å². The Balaban J connectivity index is 1.90. The van der Waals surface area contributed by atoms with Gasteiger partial charge in [0.15, 0.2) is 0 Å². The molecule has 0 aliphatic carbocycles. The molecule has 0 heterocycles. The van der Waals surface area contributed by atoms with Gasteiger partial charge in [-0.3, -0.25) is 4.79 Å². The number of amides is 1. The lowest BCUT2D eigenvalue weighted by molar-refractivity contribution is -0.117. The Kier molecular flexibility index (Phi) is 7.79. The molecule has 3 aromatic rings. The molecule has 6 nitrogen and oxygen atoms in total. The highest BCUT2D eigenvalue weighted by atomic mass is 35.5. The van der Waals surface area contributed by atoms with Crippen molar-refractivity contribution in [3.05, 3.63) is 87.9 Å². The smallest absolute Gasteiger partial charge is 0.242 e.